The van der Waals surface area contributed by atoms with Gasteiger partial charge >= 0.3 is 0 Å². The first-order valence-corrected chi connectivity index (χ1v) is 32.1. The molecule has 9 rings (SSSR count). The number of nitrogens with one attached hydrogen (secondary N) is 16. The predicted octanol–water partition coefficient (Wildman–Crippen LogP) is 7.24. The summed E-state index contributed by atoms with van der Waals surface area (Å²) in [4.78, 5) is 0. The standard InChI is InChI=1S/C72H88N24O8/c1-97-57-37-17-33-9-13-53(93-69(81)82)49(61(33)101-5)29-34-10-14-54(94-70(83)84)50(62(34)102-6)30-35-11-15-55(95-71(85)86)51(63(35)103-7)31-36-12-16-56(96-72(87)88)52(64(36)104-8)32-44-28-48(92-68(79)80)27-43(60(44)100-4)20-42-26-47(91-67(77)78)25-41(59(42)99-3)19-40-24-46(90-66(75)76)23-39(58(40)98-2)18-38(57)22-45(21-37)89-65(73)74/h9-16,21-28H,17-20,29-32H2,1-8H3,(H4,73,74,89)(H4,75,76,90)(H4,77,78,91)(H4,79,80,92)(H4,81,82,93)(H4,83,84,94)(H4,85,86,95)(H4,87,88,96). The van der Waals surface area contributed by atoms with Crippen LogP contribution in [0.2, 0.25) is 0 Å². The average Bonchev–Trinajstić information content (AvgIpc) is 0.774. The van der Waals surface area contributed by atoms with E-state index in [1.165, 1.54) is 42.7 Å². The van der Waals surface area contributed by atoms with Gasteiger partial charge in [-0.25, -0.2) is 0 Å². The monoisotopic (exact) mass is 1420 g/mol. The topological polar surface area (TPSA) is 569 Å². The van der Waals surface area contributed by atoms with Crippen molar-refractivity contribution in [2.45, 2.75) is 51.4 Å². The molecule has 0 aromatic heterocycles. The van der Waals surface area contributed by atoms with E-state index < -0.39 is 0 Å². The van der Waals surface area contributed by atoms with Crippen LogP contribution in [0.4, 0.5) is 45.5 Å². The molecule has 0 saturated carbocycles. The Morgan fingerprint density at radius 1 is 0.221 bits per heavy atom. The lowest BCUT2D eigenvalue weighted by molar-refractivity contribution is 0.396. The van der Waals surface area contributed by atoms with Crippen molar-refractivity contribution in [3.63, 3.8) is 0 Å². The number of hydrogen-bond acceptors (Lipinski definition) is 16. The van der Waals surface area contributed by atoms with Gasteiger partial charge in [-0.2, -0.15) is 0 Å². The van der Waals surface area contributed by atoms with Crippen LogP contribution in [0.3, 0.4) is 0 Å². The molecule has 0 amide bonds. The molecule has 8 aromatic carbocycles. The van der Waals surface area contributed by atoms with E-state index in [9.17, 15) is 0 Å². The molecular formula is C72H88N24O8. The maximum absolute atomic E-state index is 8.50. The van der Waals surface area contributed by atoms with Crippen molar-refractivity contribution in [3.8, 4) is 46.0 Å². The third-order valence-electron chi connectivity index (χ3n) is 17.2. The van der Waals surface area contributed by atoms with Crippen LogP contribution in [-0.2, 0) is 51.4 Å². The van der Waals surface area contributed by atoms with Crippen LogP contribution in [0.25, 0.3) is 0 Å². The second kappa shape index (κ2) is 32.5. The van der Waals surface area contributed by atoms with E-state index in [1.807, 2.05) is 42.5 Å². The molecule has 32 heteroatoms. The molecule has 104 heavy (non-hydrogen) atoms. The van der Waals surface area contributed by atoms with Crippen molar-refractivity contribution in [3.05, 3.63) is 186 Å². The number of benzene rings is 8. The largest absolute Gasteiger partial charge is 0.496 e. The lowest BCUT2D eigenvalue weighted by Gasteiger charge is -2.24. The minimum absolute atomic E-state index is 0.0301. The number of fused-ring (bicyclic) bond motifs is 16. The third kappa shape index (κ3) is 17.1. The Hall–Kier alpha value is -13.7. The number of guanidine groups is 8. The summed E-state index contributed by atoms with van der Waals surface area (Å²) in [6.45, 7) is 0. The zero-order valence-corrected chi connectivity index (χ0v) is 58.8. The molecule has 8 aromatic rings. The highest BCUT2D eigenvalue weighted by molar-refractivity contribution is 5.96. The minimum atomic E-state index is -0.374. The summed E-state index contributed by atoms with van der Waals surface area (Å²) in [5.74, 6) is 0.384. The van der Waals surface area contributed by atoms with Crippen LogP contribution in [0.1, 0.15) is 89.0 Å². The van der Waals surface area contributed by atoms with Crippen molar-refractivity contribution in [2.24, 2.45) is 45.9 Å². The lowest BCUT2D eigenvalue weighted by atomic mass is 9.89. The fraction of sp³-hybridized carbons (Fsp3) is 0.222. The van der Waals surface area contributed by atoms with Gasteiger partial charge in [0.1, 0.15) is 46.0 Å². The molecule has 1 aliphatic rings. The first-order chi connectivity index (χ1) is 49.7. The quantitative estimate of drug-likeness (QED) is 0.0335. The fourth-order valence-electron chi connectivity index (χ4n) is 13.6. The number of anilines is 8. The molecule has 0 unspecified atom stereocenters. The van der Waals surface area contributed by atoms with Gasteiger partial charge in [0.15, 0.2) is 47.7 Å². The number of rotatable bonds is 16. The Balaban J connectivity index is 1.39. The van der Waals surface area contributed by atoms with Gasteiger partial charge in [-0.05, 0) is 95.1 Å². The number of nitrogens with two attached hydrogens (primary N) is 8. The van der Waals surface area contributed by atoms with Gasteiger partial charge in [-0.3, -0.25) is 43.3 Å². The molecule has 32 nitrogen and oxygen atoms in total. The summed E-state index contributed by atoms with van der Waals surface area (Å²) in [5.41, 5.74) is 61.6. The van der Waals surface area contributed by atoms with Crippen LogP contribution in [0, 0.1) is 43.3 Å². The Labute approximate surface area is 600 Å². The first kappa shape index (κ1) is 74.5. The minimum Gasteiger partial charge on any atom is -0.496 e. The summed E-state index contributed by atoms with van der Waals surface area (Å²) >= 11 is 0. The van der Waals surface area contributed by atoms with Gasteiger partial charge in [0.2, 0.25) is 0 Å². The molecule has 1 aliphatic carbocycles. The summed E-state index contributed by atoms with van der Waals surface area (Å²) < 4.78 is 51.2. The van der Waals surface area contributed by atoms with E-state index in [0.29, 0.717) is 181 Å². The molecule has 0 fully saturated rings. The highest BCUT2D eigenvalue weighted by Crippen LogP contribution is 2.47. The smallest absolute Gasteiger partial charge is 0.190 e. The van der Waals surface area contributed by atoms with Gasteiger partial charge in [0, 0.05) is 164 Å². The summed E-state index contributed by atoms with van der Waals surface area (Å²) in [5, 5.41) is 91.6. The Bertz CT molecular complexity index is 4750. The van der Waals surface area contributed by atoms with Crippen molar-refractivity contribution < 1.29 is 37.9 Å². The van der Waals surface area contributed by atoms with Crippen LogP contribution < -0.4 is 126 Å². The van der Waals surface area contributed by atoms with E-state index in [2.05, 4.69) is 42.5 Å². The number of methoxy groups -OCH3 is 8. The van der Waals surface area contributed by atoms with Crippen molar-refractivity contribution in [1.29, 1.82) is 43.3 Å². The molecule has 16 bridgehead atoms. The Kier molecular flexibility index (Phi) is 23.3. The van der Waals surface area contributed by atoms with Crippen LogP contribution in [-0.4, -0.2) is 105 Å². The predicted molar refractivity (Wildman–Crippen MR) is 411 cm³/mol. The second-order valence-corrected chi connectivity index (χ2v) is 24.2. The molecule has 0 saturated heterocycles. The SMILES string of the molecule is COc1c2cc(NC(=N)N)cc1Cc1cc(NC(=N)N)cc(c1OC)Cc1ccc(NC(=N)N)c(c1OC)Cc1ccc(NC(=N)N)c(c1OC)Cc1ccc(NC(=N)N)c(c1OC)Cc1ccc(NC(=N)N)c(c1OC)Cc1cc(NC(=N)N)cc(c1OC)Cc1cc(NC(=N)N)cc(c1OC)C2. The van der Waals surface area contributed by atoms with Crippen molar-refractivity contribution >= 4 is 93.2 Å². The zero-order chi connectivity index (χ0) is 75.4. The normalized spacial score (nSPS) is 11.8. The van der Waals surface area contributed by atoms with E-state index >= 15 is 0 Å². The molecule has 0 heterocycles. The third-order valence-corrected chi connectivity index (χ3v) is 17.2. The summed E-state index contributed by atoms with van der Waals surface area (Å²) in [7, 11) is 12.3. The highest BCUT2D eigenvalue weighted by Gasteiger charge is 2.29. The van der Waals surface area contributed by atoms with Gasteiger partial charge < -0.3 is 126 Å². The fourth-order valence-corrected chi connectivity index (χ4v) is 13.6. The van der Waals surface area contributed by atoms with E-state index in [1.54, 1.807) is 68.8 Å². The van der Waals surface area contributed by atoms with E-state index in [0.717, 1.165) is 0 Å². The molecule has 544 valence electrons. The molecule has 0 atom stereocenters. The summed E-state index contributed by atoms with van der Waals surface area (Å²) in [6.07, 6.45) is 0.727. The molecule has 0 spiro atoms. The zero-order valence-electron chi connectivity index (χ0n) is 58.8. The maximum atomic E-state index is 8.50. The lowest BCUT2D eigenvalue weighted by Crippen LogP contribution is -2.23. The molecule has 32 N–H and O–H groups in total. The Morgan fingerprint density at radius 2 is 0.375 bits per heavy atom. The Morgan fingerprint density at radius 3 is 0.548 bits per heavy atom. The highest BCUT2D eigenvalue weighted by atomic mass is 16.5. The van der Waals surface area contributed by atoms with Gasteiger partial charge in [0.05, 0.1) is 56.9 Å². The van der Waals surface area contributed by atoms with Crippen molar-refractivity contribution in [2.75, 3.05) is 99.4 Å². The molecule has 0 aliphatic heterocycles. The van der Waals surface area contributed by atoms with E-state index in [-0.39, 0.29) is 99.0 Å². The van der Waals surface area contributed by atoms with Crippen molar-refractivity contribution in [1.82, 2.24) is 0 Å². The van der Waals surface area contributed by atoms with Gasteiger partial charge in [-0.15, -0.1) is 0 Å². The van der Waals surface area contributed by atoms with E-state index in [4.69, 9.17) is 127 Å². The first-order valence-electron chi connectivity index (χ1n) is 32.1. The van der Waals surface area contributed by atoms with Crippen LogP contribution in [0.5, 0.6) is 46.0 Å². The second-order valence-electron chi connectivity index (χ2n) is 24.2. The average molecular weight is 1420 g/mol. The van der Waals surface area contributed by atoms with Crippen LogP contribution in [0.15, 0.2) is 97.1 Å². The van der Waals surface area contributed by atoms with Gasteiger partial charge in [0.25, 0.3) is 0 Å². The number of hydrogen-bond donors (Lipinski definition) is 24. The maximum Gasteiger partial charge on any atom is 0.190 e. The molecule has 0 radical (unpaired) electrons. The number of ether oxygens (including phenoxy) is 8. The van der Waals surface area contributed by atoms with Crippen LogP contribution >= 0.6 is 0 Å². The molecular weight excluding hydrogens is 1330 g/mol. The summed E-state index contributed by atoms with van der Waals surface area (Å²) in [6, 6.07) is 28.8. The van der Waals surface area contributed by atoms with Gasteiger partial charge in [-0.1, -0.05) is 24.3 Å².